The number of alkyl carbamates (subject to hydrolysis) is 1. The van der Waals surface area contributed by atoms with E-state index in [1.54, 1.807) is 45.0 Å². The number of ether oxygens (including phenoxy) is 1. The number of rotatable bonds is 10. The van der Waals surface area contributed by atoms with Crippen molar-refractivity contribution in [2.45, 2.75) is 72.1 Å². The highest BCUT2D eigenvalue weighted by Gasteiger charge is 2.30. The van der Waals surface area contributed by atoms with Gasteiger partial charge < -0.3 is 31.3 Å². The summed E-state index contributed by atoms with van der Waals surface area (Å²) in [5.74, 6) is -1.66. The van der Waals surface area contributed by atoms with Crippen LogP contribution in [-0.2, 0) is 30.4 Å². The summed E-state index contributed by atoms with van der Waals surface area (Å²) in [5.41, 5.74) is 6.21. The second-order valence-corrected chi connectivity index (χ2v) is 9.15. The maximum absolute atomic E-state index is 13.2. The van der Waals surface area contributed by atoms with Gasteiger partial charge in [-0.25, -0.2) is 9.59 Å². The quantitative estimate of drug-likeness (QED) is 0.167. The Morgan fingerprint density at radius 3 is 2.31 bits per heavy atom. The number of amidine groups is 1. The first-order valence-electron chi connectivity index (χ1n) is 11.4. The van der Waals surface area contributed by atoms with Crippen molar-refractivity contribution in [3.63, 3.8) is 0 Å². The van der Waals surface area contributed by atoms with Gasteiger partial charge in [0.25, 0.3) is 0 Å². The van der Waals surface area contributed by atoms with Crippen molar-refractivity contribution in [2.75, 3.05) is 7.05 Å². The van der Waals surface area contributed by atoms with E-state index in [4.69, 9.17) is 10.5 Å². The van der Waals surface area contributed by atoms with Crippen LogP contribution < -0.4 is 21.7 Å². The lowest BCUT2D eigenvalue weighted by Crippen LogP contribution is -2.56. The molecule has 194 valence electrons. The molecule has 0 saturated carbocycles. The van der Waals surface area contributed by atoms with Gasteiger partial charge in [-0.3, -0.25) is 9.59 Å². The summed E-state index contributed by atoms with van der Waals surface area (Å²) in [7, 11) is 1.49. The number of amides is 3. The highest BCUT2D eigenvalue weighted by molar-refractivity contribution is 5.97. The van der Waals surface area contributed by atoms with Crippen molar-refractivity contribution in [3.05, 3.63) is 35.4 Å². The molecule has 1 aromatic rings. The summed E-state index contributed by atoms with van der Waals surface area (Å²) in [6, 6.07) is 4.92. The number of oxime groups is 1. The van der Waals surface area contributed by atoms with Gasteiger partial charge >= 0.3 is 12.1 Å². The van der Waals surface area contributed by atoms with Crippen LogP contribution in [0, 0.1) is 5.92 Å². The summed E-state index contributed by atoms with van der Waals surface area (Å²) in [5, 5.41) is 11.5. The molecule has 0 bridgehead atoms. The molecule has 35 heavy (non-hydrogen) atoms. The van der Waals surface area contributed by atoms with Crippen LogP contribution in [0.2, 0.25) is 0 Å². The first kappa shape index (κ1) is 29.4. The fraction of sp³-hybridized carbons (Fsp3) is 0.542. The predicted molar refractivity (Wildman–Crippen MR) is 131 cm³/mol. The highest BCUT2D eigenvalue weighted by Crippen LogP contribution is 2.13. The molecule has 0 fully saturated rings. The van der Waals surface area contributed by atoms with E-state index < -0.39 is 35.7 Å². The monoisotopic (exact) mass is 491 g/mol. The Morgan fingerprint density at radius 1 is 1.11 bits per heavy atom. The summed E-state index contributed by atoms with van der Waals surface area (Å²) in [4.78, 5) is 53.6. The van der Waals surface area contributed by atoms with Crippen LogP contribution in [0.1, 0.15) is 59.1 Å². The molecule has 0 radical (unpaired) electrons. The molecule has 0 heterocycles. The summed E-state index contributed by atoms with van der Waals surface area (Å²) >= 11 is 0. The minimum absolute atomic E-state index is 0.0281. The number of carbonyl (C=O) groups is 4. The number of carbonyl (C=O) groups excluding carboxylic acids is 4. The molecule has 11 nitrogen and oxygen atoms in total. The SMILES string of the molecule is CC[C@H](C)[C@H](NC(=O)[C@H](Cc1cccc(C(N)=NOC(C)=O)c1)NC(=O)OC(C)(C)C)C(=O)NC. The number of nitrogens with two attached hydrogens (primary N) is 1. The van der Waals surface area contributed by atoms with Crippen LogP contribution in [0.3, 0.4) is 0 Å². The van der Waals surface area contributed by atoms with Crippen molar-refractivity contribution in [2.24, 2.45) is 16.8 Å². The molecule has 0 aliphatic rings. The third kappa shape index (κ3) is 10.4. The number of likely N-dealkylation sites (N-methyl/N-ethyl adjacent to an activating group) is 1. The minimum Gasteiger partial charge on any atom is -0.444 e. The zero-order valence-corrected chi connectivity index (χ0v) is 21.4. The smallest absolute Gasteiger partial charge is 0.408 e. The molecular formula is C24H37N5O6. The lowest BCUT2D eigenvalue weighted by Gasteiger charge is -2.27. The Hall–Kier alpha value is -3.63. The first-order valence-corrected chi connectivity index (χ1v) is 11.4. The van der Waals surface area contributed by atoms with E-state index in [0.717, 1.165) is 0 Å². The van der Waals surface area contributed by atoms with E-state index in [-0.39, 0.29) is 24.1 Å². The van der Waals surface area contributed by atoms with Gasteiger partial charge in [0.15, 0.2) is 5.84 Å². The van der Waals surface area contributed by atoms with Gasteiger partial charge in [0.05, 0.1) is 0 Å². The van der Waals surface area contributed by atoms with Gasteiger partial charge in [-0.05, 0) is 38.3 Å². The molecule has 11 heteroatoms. The van der Waals surface area contributed by atoms with E-state index >= 15 is 0 Å². The Morgan fingerprint density at radius 2 is 1.77 bits per heavy atom. The topological polar surface area (TPSA) is 161 Å². The Balaban J connectivity index is 3.21. The van der Waals surface area contributed by atoms with Crippen LogP contribution in [-0.4, -0.2) is 54.4 Å². The minimum atomic E-state index is -1.05. The maximum Gasteiger partial charge on any atom is 0.408 e. The van der Waals surface area contributed by atoms with Crippen molar-refractivity contribution in [1.82, 2.24) is 16.0 Å². The molecular weight excluding hydrogens is 454 g/mol. The number of nitrogens with one attached hydrogen (secondary N) is 3. The Labute approximate surface area is 206 Å². The fourth-order valence-corrected chi connectivity index (χ4v) is 3.03. The second-order valence-electron chi connectivity index (χ2n) is 9.15. The van der Waals surface area contributed by atoms with Gasteiger partial charge in [0.2, 0.25) is 11.8 Å². The molecule has 0 aliphatic heterocycles. The van der Waals surface area contributed by atoms with E-state index in [2.05, 4.69) is 25.9 Å². The van der Waals surface area contributed by atoms with E-state index in [0.29, 0.717) is 17.5 Å². The van der Waals surface area contributed by atoms with Crippen LogP contribution >= 0.6 is 0 Å². The number of nitrogens with zero attached hydrogens (tertiary/aromatic N) is 1. The molecule has 5 N–H and O–H groups in total. The third-order valence-corrected chi connectivity index (χ3v) is 4.98. The molecule has 0 aliphatic carbocycles. The standard InChI is InChI=1S/C24H37N5O6/c1-8-14(2)19(22(32)26-7)28-21(31)18(27-23(33)34-24(4,5)6)13-16-10-9-11-17(12-16)20(25)29-35-15(3)30/h9-12,14,18-19H,8,13H2,1-7H3,(H2,25,29)(H,26,32)(H,27,33)(H,28,31)/t14-,18-,19-/m0/s1. The molecule has 0 spiro atoms. The van der Waals surface area contributed by atoms with Crippen LogP contribution in [0.25, 0.3) is 0 Å². The molecule has 1 aromatic carbocycles. The first-order chi connectivity index (χ1) is 16.3. The lowest BCUT2D eigenvalue weighted by molar-refractivity contribution is -0.141. The van der Waals surface area contributed by atoms with Crippen LogP contribution in [0.15, 0.2) is 29.4 Å². The van der Waals surface area contributed by atoms with Gasteiger partial charge in [-0.2, -0.15) is 0 Å². The molecule has 0 aromatic heterocycles. The normalized spacial score (nSPS) is 14.2. The third-order valence-electron chi connectivity index (χ3n) is 4.98. The number of hydrogen-bond donors (Lipinski definition) is 4. The average molecular weight is 492 g/mol. The molecule has 1 rings (SSSR count). The zero-order valence-electron chi connectivity index (χ0n) is 21.4. The van der Waals surface area contributed by atoms with E-state index in [1.807, 2.05) is 13.8 Å². The molecule has 0 saturated heterocycles. The number of benzene rings is 1. The summed E-state index contributed by atoms with van der Waals surface area (Å²) in [6.07, 6.45) is -0.0449. The summed E-state index contributed by atoms with van der Waals surface area (Å²) < 4.78 is 5.32. The van der Waals surface area contributed by atoms with Crippen LogP contribution in [0.5, 0.6) is 0 Å². The van der Waals surface area contributed by atoms with Gasteiger partial charge in [0.1, 0.15) is 17.7 Å². The van der Waals surface area contributed by atoms with Crippen molar-refractivity contribution < 1.29 is 28.8 Å². The molecule has 0 unspecified atom stereocenters. The second kappa shape index (κ2) is 13.3. The highest BCUT2D eigenvalue weighted by atomic mass is 16.7. The van der Waals surface area contributed by atoms with Crippen molar-refractivity contribution in [1.29, 1.82) is 0 Å². The maximum atomic E-state index is 13.2. The van der Waals surface area contributed by atoms with E-state index in [1.165, 1.54) is 14.0 Å². The van der Waals surface area contributed by atoms with Crippen molar-refractivity contribution >= 4 is 29.7 Å². The largest absolute Gasteiger partial charge is 0.444 e. The average Bonchev–Trinajstić information content (AvgIpc) is 2.78. The van der Waals surface area contributed by atoms with Crippen LogP contribution in [0.4, 0.5) is 4.79 Å². The Bertz CT molecular complexity index is 941. The zero-order chi connectivity index (χ0) is 26.8. The van der Waals surface area contributed by atoms with Gasteiger partial charge in [-0.15, -0.1) is 0 Å². The molecule has 3 atom stereocenters. The number of hydrogen-bond acceptors (Lipinski definition) is 7. The van der Waals surface area contributed by atoms with Crippen molar-refractivity contribution in [3.8, 4) is 0 Å². The lowest BCUT2D eigenvalue weighted by atomic mass is 9.97. The van der Waals surface area contributed by atoms with Gasteiger partial charge in [0, 0.05) is 26.0 Å². The summed E-state index contributed by atoms with van der Waals surface area (Å²) in [6.45, 7) is 10.1. The van der Waals surface area contributed by atoms with Gasteiger partial charge in [-0.1, -0.05) is 43.6 Å². The fourth-order valence-electron chi connectivity index (χ4n) is 3.03. The van der Waals surface area contributed by atoms with E-state index in [9.17, 15) is 19.2 Å². The Kier molecular flexibility index (Phi) is 11.2. The predicted octanol–water partition coefficient (Wildman–Crippen LogP) is 1.58. The molecule has 3 amide bonds.